The number of carbonyl (C=O) groups is 1. The summed E-state index contributed by atoms with van der Waals surface area (Å²) in [6.45, 7) is 5.66. The highest BCUT2D eigenvalue weighted by molar-refractivity contribution is 5.94. The van der Waals surface area contributed by atoms with Gasteiger partial charge < -0.3 is 25.8 Å². The number of carbonyl (C=O) groups excluding carboxylic acids is 1. The monoisotopic (exact) mass is 370 g/mol. The van der Waals surface area contributed by atoms with Crippen molar-refractivity contribution in [3.63, 3.8) is 0 Å². The van der Waals surface area contributed by atoms with Crippen molar-refractivity contribution in [2.45, 2.75) is 20.4 Å². The first-order valence-corrected chi connectivity index (χ1v) is 8.82. The fourth-order valence-electron chi connectivity index (χ4n) is 2.41. The van der Waals surface area contributed by atoms with Crippen LogP contribution in [0.4, 0.5) is 5.69 Å². The van der Waals surface area contributed by atoms with Gasteiger partial charge in [-0.2, -0.15) is 0 Å². The molecule has 2 aromatic rings. The molecule has 1 amide bonds. The number of nitrogens with zero attached hydrogens (tertiary/aromatic N) is 1. The summed E-state index contributed by atoms with van der Waals surface area (Å²) in [7, 11) is 1.61. The maximum Gasteiger partial charge on any atom is 0.248 e. The summed E-state index contributed by atoms with van der Waals surface area (Å²) < 4.78 is 10.9. The summed E-state index contributed by atoms with van der Waals surface area (Å²) in [6, 6.07) is 12.7. The maximum absolute atomic E-state index is 11.1. The van der Waals surface area contributed by atoms with E-state index in [2.05, 4.69) is 15.6 Å². The summed E-state index contributed by atoms with van der Waals surface area (Å²) >= 11 is 0. The Bertz CT molecular complexity index is 788. The normalized spacial score (nSPS) is 11.0. The van der Waals surface area contributed by atoms with E-state index in [4.69, 9.17) is 15.2 Å². The lowest BCUT2D eigenvalue weighted by Gasteiger charge is -2.14. The second-order valence-corrected chi connectivity index (χ2v) is 5.68. The van der Waals surface area contributed by atoms with Crippen molar-refractivity contribution in [2.24, 2.45) is 10.7 Å². The number of benzene rings is 2. The zero-order valence-electron chi connectivity index (χ0n) is 15.9. The molecule has 0 saturated carbocycles. The van der Waals surface area contributed by atoms with Crippen LogP contribution in [0.15, 0.2) is 47.5 Å². The molecular formula is C20H26N4O3. The van der Waals surface area contributed by atoms with Crippen LogP contribution in [0.3, 0.4) is 0 Å². The number of guanidine groups is 1. The van der Waals surface area contributed by atoms with Gasteiger partial charge >= 0.3 is 0 Å². The number of methoxy groups -OCH3 is 1. The zero-order chi connectivity index (χ0) is 19.6. The van der Waals surface area contributed by atoms with Crippen molar-refractivity contribution in [3.05, 3.63) is 53.6 Å². The van der Waals surface area contributed by atoms with E-state index in [9.17, 15) is 4.79 Å². The maximum atomic E-state index is 11.1. The Morgan fingerprint density at radius 3 is 2.44 bits per heavy atom. The molecule has 4 N–H and O–H groups in total. The van der Waals surface area contributed by atoms with Crippen molar-refractivity contribution in [1.82, 2.24) is 5.32 Å². The van der Waals surface area contributed by atoms with Gasteiger partial charge in [0.15, 0.2) is 17.5 Å². The van der Waals surface area contributed by atoms with E-state index in [0.29, 0.717) is 36.2 Å². The molecule has 2 aromatic carbocycles. The number of primary amides is 1. The molecule has 2 rings (SSSR count). The second kappa shape index (κ2) is 10.1. The van der Waals surface area contributed by atoms with Gasteiger partial charge in [0.25, 0.3) is 0 Å². The minimum absolute atomic E-state index is 0.440. The molecule has 0 aromatic heterocycles. The van der Waals surface area contributed by atoms with Crippen LogP contribution in [-0.4, -0.2) is 32.1 Å². The van der Waals surface area contributed by atoms with Gasteiger partial charge in [-0.25, -0.2) is 4.99 Å². The smallest absolute Gasteiger partial charge is 0.248 e. The highest BCUT2D eigenvalue weighted by Gasteiger charge is 2.07. The molecule has 0 aliphatic carbocycles. The molecule has 0 spiro atoms. The number of amides is 1. The van der Waals surface area contributed by atoms with E-state index >= 15 is 0 Å². The summed E-state index contributed by atoms with van der Waals surface area (Å²) in [6.07, 6.45) is 0. The lowest BCUT2D eigenvalue weighted by molar-refractivity contribution is 0.100. The molecule has 0 bridgehead atoms. The van der Waals surface area contributed by atoms with E-state index in [0.717, 1.165) is 17.8 Å². The molecule has 0 fully saturated rings. The molecule has 7 nitrogen and oxygen atoms in total. The van der Waals surface area contributed by atoms with Gasteiger partial charge in [0, 0.05) is 23.9 Å². The van der Waals surface area contributed by atoms with E-state index in [-0.39, 0.29) is 0 Å². The average molecular weight is 370 g/mol. The molecule has 0 heterocycles. The lowest BCUT2D eigenvalue weighted by Crippen LogP contribution is -2.30. The van der Waals surface area contributed by atoms with Crippen LogP contribution in [-0.2, 0) is 6.54 Å². The van der Waals surface area contributed by atoms with Gasteiger partial charge in [-0.1, -0.05) is 12.1 Å². The molecule has 0 atom stereocenters. The Kier molecular flexibility index (Phi) is 7.49. The first kappa shape index (κ1) is 20.1. The van der Waals surface area contributed by atoms with Crippen molar-refractivity contribution in [2.75, 3.05) is 25.6 Å². The number of hydrogen-bond acceptors (Lipinski definition) is 4. The molecule has 0 aliphatic heterocycles. The minimum atomic E-state index is -0.440. The van der Waals surface area contributed by atoms with E-state index < -0.39 is 5.91 Å². The SMILES string of the molecule is CCNC(=NCc1ccc(C(N)=O)cc1)Nc1ccc(OC)c(OCC)c1. The fraction of sp³-hybridized carbons (Fsp3) is 0.300. The highest BCUT2D eigenvalue weighted by atomic mass is 16.5. The van der Waals surface area contributed by atoms with Gasteiger partial charge in [0.2, 0.25) is 5.91 Å². The van der Waals surface area contributed by atoms with Gasteiger partial charge in [0.1, 0.15) is 0 Å². The molecule has 7 heteroatoms. The second-order valence-electron chi connectivity index (χ2n) is 5.68. The Labute approximate surface area is 159 Å². The predicted molar refractivity (Wildman–Crippen MR) is 108 cm³/mol. The van der Waals surface area contributed by atoms with E-state index in [1.807, 2.05) is 44.2 Å². The molecule has 144 valence electrons. The average Bonchev–Trinajstić information content (AvgIpc) is 2.67. The van der Waals surface area contributed by atoms with Crippen LogP contribution in [0.5, 0.6) is 11.5 Å². The van der Waals surface area contributed by atoms with Gasteiger partial charge in [-0.3, -0.25) is 4.79 Å². The summed E-state index contributed by atoms with van der Waals surface area (Å²) in [5.41, 5.74) is 7.55. The number of aliphatic imine (C=N–C) groups is 1. The largest absolute Gasteiger partial charge is 0.493 e. The van der Waals surface area contributed by atoms with Gasteiger partial charge in [-0.15, -0.1) is 0 Å². The van der Waals surface area contributed by atoms with Crippen LogP contribution in [0.1, 0.15) is 29.8 Å². The van der Waals surface area contributed by atoms with Gasteiger partial charge in [-0.05, 0) is 43.7 Å². The van der Waals surface area contributed by atoms with E-state index in [1.165, 1.54) is 0 Å². The molecule has 0 aliphatic rings. The van der Waals surface area contributed by atoms with Crippen molar-refractivity contribution >= 4 is 17.6 Å². The van der Waals surface area contributed by atoms with Gasteiger partial charge in [0.05, 0.1) is 20.3 Å². The Morgan fingerprint density at radius 2 is 1.85 bits per heavy atom. The molecule has 27 heavy (non-hydrogen) atoms. The topological polar surface area (TPSA) is 98.0 Å². The highest BCUT2D eigenvalue weighted by Crippen LogP contribution is 2.30. The van der Waals surface area contributed by atoms with Crippen molar-refractivity contribution in [1.29, 1.82) is 0 Å². The third-order valence-electron chi connectivity index (χ3n) is 3.73. The van der Waals surface area contributed by atoms with Crippen molar-refractivity contribution < 1.29 is 14.3 Å². The Morgan fingerprint density at radius 1 is 1.11 bits per heavy atom. The number of anilines is 1. The molecule has 0 radical (unpaired) electrons. The summed E-state index contributed by atoms with van der Waals surface area (Å²) in [5, 5.41) is 6.46. The number of nitrogens with two attached hydrogens (primary N) is 1. The third-order valence-corrected chi connectivity index (χ3v) is 3.73. The standard InChI is InChI=1S/C20H26N4O3/c1-4-22-20(23-13-14-6-8-15(9-7-14)19(21)25)24-16-10-11-17(26-3)18(12-16)27-5-2/h6-12H,4-5,13H2,1-3H3,(H2,21,25)(H2,22,23,24). The number of ether oxygens (including phenoxy) is 2. The first-order chi connectivity index (χ1) is 13.1. The predicted octanol–water partition coefficient (Wildman–Crippen LogP) is 2.77. The summed E-state index contributed by atoms with van der Waals surface area (Å²) in [5.74, 6) is 1.55. The Hall–Kier alpha value is -3.22. The first-order valence-electron chi connectivity index (χ1n) is 8.82. The number of nitrogens with one attached hydrogen (secondary N) is 2. The molecule has 0 unspecified atom stereocenters. The van der Waals surface area contributed by atoms with Crippen LogP contribution < -0.4 is 25.8 Å². The van der Waals surface area contributed by atoms with Crippen LogP contribution >= 0.6 is 0 Å². The fourth-order valence-corrected chi connectivity index (χ4v) is 2.41. The summed E-state index contributed by atoms with van der Waals surface area (Å²) in [4.78, 5) is 15.7. The minimum Gasteiger partial charge on any atom is -0.493 e. The molecule has 0 saturated heterocycles. The lowest BCUT2D eigenvalue weighted by atomic mass is 10.1. The zero-order valence-corrected chi connectivity index (χ0v) is 15.9. The van der Waals surface area contributed by atoms with E-state index in [1.54, 1.807) is 19.2 Å². The quantitative estimate of drug-likeness (QED) is 0.490. The third kappa shape index (κ3) is 5.91. The van der Waals surface area contributed by atoms with Crippen LogP contribution in [0.2, 0.25) is 0 Å². The Balaban J connectivity index is 2.13. The number of rotatable bonds is 8. The molecular weight excluding hydrogens is 344 g/mol. The number of hydrogen-bond donors (Lipinski definition) is 3. The van der Waals surface area contributed by atoms with Crippen LogP contribution in [0.25, 0.3) is 0 Å². The van der Waals surface area contributed by atoms with Crippen molar-refractivity contribution in [3.8, 4) is 11.5 Å². The van der Waals surface area contributed by atoms with Crippen LogP contribution in [0, 0.1) is 0 Å².